The van der Waals surface area contributed by atoms with Gasteiger partial charge in [-0.25, -0.2) is 8.42 Å². The second-order valence-electron chi connectivity index (χ2n) is 7.76. The van der Waals surface area contributed by atoms with Crippen LogP contribution in [0.1, 0.15) is 37.0 Å². The van der Waals surface area contributed by atoms with E-state index in [1.165, 1.54) is 4.31 Å². The molecule has 0 unspecified atom stereocenters. The van der Waals surface area contributed by atoms with Crippen LogP contribution in [0.5, 0.6) is 5.75 Å². The molecule has 30 heavy (non-hydrogen) atoms. The Balaban J connectivity index is 2.19. The van der Waals surface area contributed by atoms with Crippen molar-refractivity contribution in [2.75, 3.05) is 17.2 Å². The smallest absolute Gasteiger partial charge is 0.244 e. The molecule has 0 aliphatic heterocycles. The molecule has 1 N–H and O–H groups in total. The number of anilines is 1. The van der Waals surface area contributed by atoms with Gasteiger partial charge < -0.3 is 10.1 Å². The molecule has 6 nitrogen and oxygen atoms in total. The molecule has 1 amide bonds. The Kier molecular flexibility index (Phi) is 7.89. The Labute approximate surface area is 180 Å². The molecule has 0 spiro atoms. The zero-order valence-corrected chi connectivity index (χ0v) is 19.4. The van der Waals surface area contributed by atoms with Crippen LogP contribution >= 0.6 is 0 Å². The summed E-state index contributed by atoms with van der Waals surface area (Å²) in [7, 11) is -3.67. The summed E-state index contributed by atoms with van der Waals surface area (Å²) >= 11 is 0. The quantitative estimate of drug-likeness (QED) is 0.655. The lowest BCUT2D eigenvalue weighted by Gasteiger charge is -2.32. The monoisotopic (exact) mass is 432 g/mol. The van der Waals surface area contributed by atoms with Gasteiger partial charge in [0, 0.05) is 0 Å². The van der Waals surface area contributed by atoms with Crippen LogP contribution in [-0.2, 0) is 14.8 Å². The summed E-state index contributed by atoms with van der Waals surface area (Å²) in [6, 6.07) is 12.1. The molecule has 0 saturated carbocycles. The van der Waals surface area contributed by atoms with Crippen LogP contribution in [0.2, 0.25) is 0 Å². The highest BCUT2D eigenvalue weighted by Crippen LogP contribution is 2.27. The number of nitrogens with zero attached hydrogens (tertiary/aromatic N) is 1. The van der Waals surface area contributed by atoms with Crippen molar-refractivity contribution in [1.29, 1.82) is 0 Å². The maximum atomic E-state index is 13.0. The van der Waals surface area contributed by atoms with Crippen LogP contribution in [0.15, 0.2) is 42.5 Å². The minimum absolute atomic E-state index is 0.286. The highest BCUT2D eigenvalue weighted by atomic mass is 32.2. The summed E-state index contributed by atoms with van der Waals surface area (Å²) in [4.78, 5) is 13.0. The predicted molar refractivity (Wildman–Crippen MR) is 122 cm³/mol. The summed E-state index contributed by atoms with van der Waals surface area (Å²) in [6.45, 7) is 9.63. The maximum Gasteiger partial charge on any atom is 0.244 e. The Morgan fingerprint density at radius 3 is 2.37 bits per heavy atom. The van der Waals surface area contributed by atoms with Gasteiger partial charge in [0.25, 0.3) is 0 Å². The van der Waals surface area contributed by atoms with Gasteiger partial charge >= 0.3 is 0 Å². The number of amides is 1. The molecule has 0 radical (unpaired) electrons. The first kappa shape index (κ1) is 23.7. The molecule has 0 aromatic heterocycles. The molecule has 2 atom stereocenters. The average molecular weight is 433 g/mol. The lowest BCUT2D eigenvalue weighted by Crippen LogP contribution is -2.52. The fraction of sp³-hybridized carbons (Fsp3) is 0.435. The van der Waals surface area contributed by atoms with Crippen LogP contribution in [0.4, 0.5) is 5.69 Å². The Bertz CT molecular complexity index is 988. The molecule has 0 bridgehead atoms. The normalized spacial score (nSPS) is 13.4. The van der Waals surface area contributed by atoms with Crippen LogP contribution < -0.4 is 14.4 Å². The summed E-state index contributed by atoms with van der Waals surface area (Å²) in [5.41, 5.74) is 3.27. The van der Waals surface area contributed by atoms with Gasteiger partial charge in [0.1, 0.15) is 18.4 Å². The van der Waals surface area contributed by atoms with Crippen molar-refractivity contribution in [3.8, 4) is 5.75 Å². The third kappa shape index (κ3) is 5.98. The van der Waals surface area contributed by atoms with E-state index in [9.17, 15) is 13.2 Å². The van der Waals surface area contributed by atoms with Crippen molar-refractivity contribution in [1.82, 2.24) is 5.32 Å². The molecule has 7 heteroatoms. The van der Waals surface area contributed by atoms with Crippen LogP contribution in [0, 0.1) is 20.8 Å². The van der Waals surface area contributed by atoms with Crippen molar-refractivity contribution in [3.63, 3.8) is 0 Å². The summed E-state index contributed by atoms with van der Waals surface area (Å²) < 4.78 is 32.4. The number of para-hydroxylation sites is 1. The minimum atomic E-state index is -3.67. The summed E-state index contributed by atoms with van der Waals surface area (Å²) in [6.07, 6.45) is 1.48. The summed E-state index contributed by atoms with van der Waals surface area (Å²) in [5, 5.41) is 2.91. The number of carbonyl (C=O) groups excluding carboxylic acids is 1. The second-order valence-corrected chi connectivity index (χ2v) is 9.62. The Morgan fingerprint density at radius 1 is 1.10 bits per heavy atom. The van der Waals surface area contributed by atoms with Crippen LogP contribution in [0.3, 0.4) is 0 Å². The highest BCUT2D eigenvalue weighted by molar-refractivity contribution is 7.92. The van der Waals surface area contributed by atoms with E-state index in [0.717, 1.165) is 28.7 Å². The fourth-order valence-electron chi connectivity index (χ4n) is 3.31. The molecule has 2 aromatic carbocycles. The van der Waals surface area contributed by atoms with E-state index in [-0.39, 0.29) is 18.6 Å². The number of aryl methyl sites for hydroxylation is 3. The molecule has 2 aromatic rings. The number of nitrogens with one attached hydrogen (secondary N) is 1. The first-order valence-electron chi connectivity index (χ1n) is 10.1. The number of benzene rings is 2. The molecule has 0 heterocycles. The molecular weight excluding hydrogens is 400 g/mol. The average Bonchev–Trinajstić information content (AvgIpc) is 2.66. The number of carbonyl (C=O) groups is 1. The van der Waals surface area contributed by atoms with Crippen LogP contribution in [-0.4, -0.2) is 39.3 Å². The zero-order chi connectivity index (χ0) is 22.5. The summed E-state index contributed by atoms with van der Waals surface area (Å²) in [5.74, 6) is 0.420. The molecule has 0 aliphatic carbocycles. The Morgan fingerprint density at radius 2 is 1.77 bits per heavy atom. The number of sulfonamides is 1. The SMILES string of the molecule is CC[C@@H](C(=O)N[C@@H](C)COc1ccccc1C)N(c1cc(C)ccc1C)S(C)(=O)=O. The van der Waals surface area contributed by atoms with E-state index in [2.05, 4.69) is 5.32 Å². The molecule has 164 valence electrons. The van der Waals surface area contributed by atoms with Crippen molar-refractivity contribution >= 4 is 21.6 Å². The van der Waals surface area contributed by atoms with Gasteiger partial charge in [0.05, 0.1) is 18.0 Å². The molecular formula is C23H32N2O4S. The van der Waals surface area contributed by atoms with Crippen molar-refractivity contribution in [2.24, 2.45) is 0 Å². The second kappa shape index (κ2) is 9.98. The van der Waals surface area contributed by atoms with E-state index in [1.807, 2.05) is 71.0 Å². The third-order valence-electron chi connectivity index (χ3n) is 4.90. The topological polar surface area (TPSA) is 75.7 Å². The number of hydrogen-bond acceptors (Lipinski definition) is 4. The molecule has 0 fully saturated rings. The van der Waals surface area contributed by atoms with E-state index < -0.39 is 16.1 Å². The van der Waals surface area contributed by atoms with E-state index in [4.69, 9.17) is 4.74 Å². The van der Waals surface area contributed by atoms with Gasteiger partial charge in [-0.3, -0.25) is 9.10 Å². The van der Waals surface area contributed by atoms with E-state index in [1.54, 1.807) is 6.07 Å². The van der Waals surface area contributed by atoms with Gasteiger partial charge in [-0.1, -0.05) is 37.3 Å². The lowest BCUT2D eigenvalue weighted by atomic mass is 10.1. The fourth-order valence-corrected chi connectivity index (χ4v) is 4.57. The van der Waals surface area contributed by atoms with Gasteiger partial charge in [0.2, 0.25) is 15.9 Å². The largest absolute Gasteiger partial charge is 0.491 e. The van der Waals surface area contributed by atoms with Crippen molar-refractivity contribution in [2.45, 2.75) is 53.1 Å². The van der Waals surface area contributed by atoms with Gasteiger partial charge in [-0.05, 0) is 62.9 Å². The van der Waals surface area contributed by atoms with Crippen molar-refractivity contribution < 1.29 is 17.9 Å². The molecule has 0 aliphatic rings. The van der Waals surface area contributed by atoms with E-state index in [0.29, 0.717) is 12.1 Å². The number of ether oxygens (including phenoxy) is 1. The van der Waals surface area contributed by atoms with Crippen LogP contribution in [0.25, 0.3) is 0 Å². The number of hydrogen-bond donors (Lipinski definition) is 1. The first-order chi connectivity index (χ1) is 14.0. The molecule has 2 rings (SSSR count). The zero-order valence-electron chi connectivity index (χ0n) is 18.6. The van der Waals surface area contributed by atoms with E-state index >= 15 is 0 Å². The third-order valence-corrected chi connectivity index (χ3v) is 6.07. The maximum absolute atomic E-state index is 13.0. The molecule has 0 saturated heterocycles. The first-order valence-corrected chi connectivity index (χ1v) is 11.9. The predicted octanol–water partition coefficient (Wildman–Crippen LogP) is 3.74. The van der Waals surface area contributed by atoms with Gasteiger partial charge in [-0.15, -0.1) is 0 Å². The van der Waals surface area contributed by atoms with Gasteiger partial charge in [-0.2, -0.15) is 0 Å². The Hall–Kier alpha value is -2.54. The number of rotatable bonds is 9. The standard InChI is InChI=1S/C23H32N2O4S/c1-7-20(25(30(6,27)28)21-14-16(2)12-13-17(21)3)23(26)24-19(5)15-29-22-11-9-8-10-18(22)4/h8-14,19-20H,7,15H2,1-6H3,(H,24,26)/t19-,20-/m0/s1. The van der Waals surface area contributed by atoms with Gasteiger partial charge in [0.15, 0.2) is 0 Å². The minimum Gasteiger partial charge on any atom is -0.491 e. The van der Waals surface area contributed by atoms with Crippen molar-refractivity contribution in [3.05, 3.63) is 59.2 Å². The lowest BCUT2D eigenvalue weighted by molar-refractivity contribution is -0.123. The highest BCUT2D eigenvalue weighted by Gasteiger charge is 2.33.